The lowest BCUT2D eigenvalue weighted by Gasteiger charge is -2.27. The molecule has 0 spiro atoms. The minimum absolute atomic E-state index is 0.285. The SMILES string of the molecule is COC(=O)C(C)(O)CNC1CC2CCC1C2. The Hall–Kier alpha value is -0.610. The number of rotatable bonds is 4. The third kappa shape index (κ3) is 2.23. The van der Waals surface area contributed by atoms with E-state index in [1.807, 2.05) is 0 Å². The largest absolute Gasteiger partial charge is 0.467 e. The Labute approximate surface area is 96.4 Å². The summed E-state index contributed by atoms with van der Waals surface area (Å²) in [5.41, 5.74) is -1.41. The van der Waals surface area contributed by atoms with Crippen LogP contribution in [-0.4, -0.2) is 36.4 Å². The fraction of sp³-hybridized carbons (Fsp3) is 0.917. The zero-order valence-corrected chi connectivity index (χ0v) is 10.0. The third-order valence-corrected chi connectivity index (χ3v) is 4.07. The Morgan fingerprint density at radius 1 is 1.50 bits per heavy atom. The molecule has 4 atom stereocenters. The zero-order valence-electron chi connectivity index (χ0n) is 10.0. The molecule has 92 valence electrons. The average molecular weight is 227 g/mol. The maximum atomic E-state index is 11.3. The van der Waals surface area contributed by atoms with Gasteiger partial charge in [-0.2, -0.15) is 0 Å². The molecule has 4 heteroatoms. The lowest BCUT2D eigenvalue weighted by atomic mass is 9.94. The summed E-state index contributed by atoms with van der Waals surface area (Å²) >= 11 is 0. The van der Waals surface area contributed by atoms with Crippen LogP contribution in [0.5, 0.6) is 0 Å². The maximum Gasteiger partial charge on any atom is 0.338 e. The van der Waals surface area contributed by atoms with Gasteiger partial charge < -0.3 is 15.2 Å². The van der Waals surface area contributed by atoms with Crippen LogP contribution in [0.4, 0.5) is 0 Å². The number of nitrogens with one attached hydrogen (secondary N) is 1. The van der Waals surface area contributed by atoms with Gasteiger partial charge in [0, 0.05) is 12.6 Å². The molecule has 0 radical (unpaired) electrons. The average Bonchev–Trinajstić information content (AvgIpc) is 2.86. The van der Waals surface area contributed by atoms with E-state index >= 15 is 0 Å². The number of hydrogen-bond acceptors (Lipinski definition) is 4. The Balaban J connectivity index is 1.81. The van der Waals surface area contributed by atoms with Gasteiger partial charge in [0.1, 0.15) is 0 Å². The molecule has 0 heterocycles. The first kappa shape index (κ1) is 11.9. The molecule has 4 nitrogen and oxygen atoms in total. The number of carbonyl (C=O) groups is 1. The molecule has 0 aliphatic heterocycles. The van der Waals surface area contributed by atoms with Crippen molar-refractivity contribution in [2.45, 2.75) is 44.2 Å². The molecule has 2 aliphatic rings. The van der Waals surface area contributed by atoms with Crippen molar-refractivity contribution in [3.05, 3.63) is 0 Å². The Kier molecular flexibility index (Phi) is 3.22. The van der Waals surface area contributed by atoms with Crippen LogP contribution >= 0.6 is 0 Å². The number of esters is 1. The molecule has 0 amide bonds. The second-order valence-corrected chi connectivity index (χ2v) is 5.43. The molecule has 2 fully saturated rings. The standard InChI is InChI=1S/C12H21NO3/c1-12(15,11(14)16-2)7-13-10-6-8-3-4-9(10)5-8/h8-10,13,15H,3-7H2,1-2H3. The summed E-state index contributed by atoms with van der Waals surface area (Å²) in [4.78, 5) is 11.3. The predicted octanol–water partition coefficient (Wildman–Crippen LogP) is 0.689. The number of aliphatic hydroxyl groups is 1. The van der Waals surface area contributed by atoms with E-state index < -0.39 is 11.6 Å². The fourth-order valence-corrected chi connectivity index (χ4v) is 3.12. The van der Waals surface area contributed by atoms with Gasteiger partial charge in [-0.3, -0.25) is 0 Å². The minimum Gasteiger partial charge on any atom is -0.467 e. The molecule has 0 aromatic rings. The lowest BCUT2D eigenvalue weighted by molar-refractivity contribution is -0.160. The van der Waals surface area contributed by atoms with E-state index in [0.717, 1.165) is 11.8 Å². The number of fused-ring (bicyclic) bond motifs is 2. The van der Waals surface area contributed by atoms with Gasteiger partial charge in [-0.1, -0.05) is 6.42 Å². The molecule has 0 aromatic carbocycles. The first-order valence-corrected chi connectivity index (χ1v) is 6.07. The van der Waals surface area contributed by atoms with Gasteiger partial charge >= 0.3 is 5.97 Å². The molecule has 0 saturated heterocycles. The summed E-state index contributed by atoms with van der Waals surface area (Å²) in [6, 6.07) is 0.481. The Morgan fingerprint density at radius 3 is 2.75 bits per heavy atom. The number of ether oxygens (including phenoxy) is 1. The lowest BCUT2D eigenvalue weighted by Crippen LogP contribution is -2.49. The summed E-state index contributed by atoms with van der Waals surface area (Å²) in [5, 5.41) is 13.2. The van der Waals surface area contributed by atoms with Crippen molar-refractivity contribution in [2.24, 2.45) is 11.8 Å². The number of hydrogen-bond donors (Lipinski definition) is 2. The summed E-state index contributed by atoms with van der Waals surface area (Å²) in [6.45, 7) is 1.78. The third-order valence-electron chi connectivity index (χ3n) is 4.07. The molecule has 2 aliphatic carbocycles. The highest BCUT2D eigenvalue weighted by Gasteiger charge is 2.41. The molecule has 4 unspecified atom stereocenters. The van der Waals surface area contributed by atoms with Crippen molar-refractivity contribution in [3.8, 4) is 0 Å². The van der Waals surface area contributed by atoms with Crippen LogP contribution in [0, 0.1) is 11.8 Å². The van der Waals surface area contributed by atoms with Gasteiger partial charge in [0.2, 0.25) is 0 Å². The smallest absolute Gasteiger partial charge is 0.338 e. The van der Waals surface area contributed by atoms with E-state index in [4.69, 9.17) is 0 Å². The van der Waals surface area contributed by atoms with E-state index in [1.54, 1.807) is 0 Å². The zero-order chi connectivity index (χ0) is 11.8. The number of carbonyl (C=O) groups excluding carboxylic acids is 1. The summed E-state index contributed by atoms with van der Waals surface area (Å²) < 4.78 is 4.56. The number of methoxy groups -OCH3 is 1. The maximum absolute atomic E-state index is 11.3. The van der Waals surface area contributed by atoms with Gasteiger partial charge in [0.15, 0.2) is 5.60 Å². The van der Waals surface area contributed by atoms with Crippen molar-refractivity contribution in [2.75, 3.05) is 13.7 Å². The van der Waals surface area contributed by atoms with Gasteiger partial charge in [0.25, 0.3) is 0 Å². The Bertz CT molecular complexity index is 277. The van der Waals surface area contributed by atoms with Gasteiger partial charge in [-0.15, -0.1) is 0 Å². The molecule has 2 N–H and O–H groups in total. The summed E-state index contributed by atoms with van der Waals surface area (Å²) in [6.07, 6.45) is 5.17. The Morgan fingerprint density at radius 2 is 2.25 bits per heavy atom. The van der Waals surface area contributed by atoms with Crippen molar-refractivity contribution >= 4 is 5.97 Å². The first-order valence-electron chi connectivity index (χ1n) is 6.07. The second-order valence-electron chi connectivity index (χ2n) is 5.43. The molecular weight excluding hydrogens is 206 g/mol. The van der Waals surface area contributed by atoms with Crippen LogP contribution in [0.15, 0.2) is 0 Å². The van der Waals surface area contributed by atoms with Crippen LogP contribution in [0.3, 0.4) is 0 Å². The molecule has 2 saturated carbocycles. The van der Waals surface area contributed by atoms with Crippen LogP contribution in [0.25, 0.3) is 0 Å². The molecule has 2 bridgehead atoms. The quantitative estimate of drug-likeness (QED) is 0.694. The van der Waals surface area contributed by atoms with Crippen molar-refractivity contribution < 1.29 is 14.6 Å². The second kappa shape index (κ2) is 4.34. The first-order chi connectivity index (χ1) is 7.53. The predicted molar refractivity (Wildman–Crippen MR) is 59.9 cm³/mol. The highest BCUT2D eigenvalue weighted by Crippen LogP contribution is 2.44. The highest BCUT2D eigenvalue weighted by molar-refractivity contribution is 5.78. The van der Waals surface area contributed by atoms with Crippen molar-refractivity contribution in [1.82, 2.24) is 5.32 Å². The van der Waals surface area contributed by atoms with Gasteiger partial charge in [0.05, 0.1) is 7.11 Å². The fourth-order valence-electron chi connectivity index (χ4n) is 3.12. The van der Waals surface area contributed by atoms with Crippen LogP contribution < -0.4 is 5.32 Å². The van der Waals surface area contributed by atoms with Crippen LogP contribution in [-0.2, 0) is 9.53 Å². The molecule has 0 aromatic heterocycles. The van der Waals surface area contributed by atoms with E-state index in [9.17, 15) is 9.90 Å². The van der Waals surface area contributed by atoms with Crippen molar-refractivity contribution in [1.29, 1.82) is 0 Å². The summed E-state index contributed by atoms with van der Waals surface area (Å²) in [7, 11) is 1.30. The van der Waals surface area contributed by atoms with Gasteiger partial charge in [-0.05, 0) is 38.0 Å². The van der Waals surface area contributed by atoms with Crippen LogP contribution in [0.2, 0.25) is 0 Å². The van der Waals surface area contributed by atoms with E-state index in [-0.39, 0.29) is 6.54 Å². The van der Waals surface area contributed by atoms with E-state index in [0.29, 0.717) is 6.04 Å². The van der Waals surface area contributed by atoms with Crippen LogP contribution in [0.1, 0.15) is 32.6 Å². The summed E-state index contributed by atoms with van der Waals surface area (Å²) in [5.74, 6) is 1.05. The molecular formula is C12H21NO3. The normalized spacial score (nSPS) is 36.1. The molecule has 16 heavy (non-hydrogen) atoms. The topological polar surface area (TPSA) is 58.6 Å². The minimum atomic E-state index is -1.41. The van der Waals surface area contributed by atoms with Crippen molar-refractivity contribution in [3.63, 3.8) is 0 Å². The highest BCUT2D eigenvalue weighted by atomic mass is 16.5. The van der Waals surface area contributed by atoms with E-state index in [1.165, 1.54) is 39.7 Å². The monoisotopic (exact) mass is 227 g/mol. The van der Waals surface area contributed by atoms with E-state index in [2.05, 4.69) is 10.1 Å². The molecule has 2 rings (SSSR count). The van der Waals surface area contributed by atoms with Gasteiger partial charge in [-0.25, -0.2) is 4.79 Å².